The minimum Gasteiger partial charge on any atom is -0.256 e. The number of halogens is 2. The molecule has 0 amide bonds. The zero-order valence-electron chi connectivity index (χ0n) is 9.74. The predicted octanol–water partition coefficient (Wildman–Crippen LogP) is 3.92. The van der Waals surface area contributed by atoms with Crippen LogP contribution >= 0.6 is 11.6 Å². The minimum absolute atomic E-state index is 0.0689. The highest BCUT2D eigenvalue weighted by Gasteiger charge is 2.13. The average Bonchev–Trinajstić information content (AvgIpc) is 2.36. The van der Waals surface area contributed by atoms with Crippen LogP contribution < -0.4 is 0 Å². The first kappa shape index (κ1) is 12.5. The van der Waals surface area contributed by atoms with Gasteiger partial charge in [-0.1, -0.05) is 17.7 Å². The van der Waals surface area contributed by atoms with Crippen molar-refractivity contribution >= 4 is 11.6 Å². The second-order valence-electron chi connectivity index (χ2n) is 3.88. The van der Waals surface area contributed by atoms with Gasteiger partial charge in [-0.3, -0.25) is 4.98 Å². The molecular weight excluding hydrogens is 251 g/mol. The molecule has 0 unspecified atom stereocenters. The van der Waals surface area contributed by atoms with E-state index in [1.807, 2.05) is 6.92 Å². The molecule has 2 rings (SSSR count). The summed E-state index contributed by atoms with van der Waals surface area (Å²) < 4.78 is 13.9. The summed E-state index contributed by atoms with van der Waals surface area (Å²) in [6, 6.07) is 8.66. The first-order chi connectivity index (χ1) is 8.65. The Morgan fingerprint density at radius 1 is 1.39 bits per heavy atom. The number of nitrogens with zero attached hydrogens (tertiary/aromatic N) is 2. The largest absolute Gasteiger partial charge is 0.256 e. The Morgan fingerprint density at radius 3 is 2.89 bits per heavy atom. The SMILES string of the molecule is Cc1c(CC#N)ccnc1-c1cccc(Cl)c1F. The lowest BCUT2D eigenvalue weighted by Crippen LogP contribution is -1.96. The molecule has 4 heteroatoms. The van der Waals surface area contributed by atoms with E-state index in [9.17, 15) is 4.39 Å². The van der Waals surface area contributed by atoms with E-state index >= 15 is 0 Å². The van der Waals surface area contributed by atoms with Crippen molar-refractivity contribution in [2.24, 2.45) is 0 Å². The molecule has 0 aliphatic rings. The van der Waals surface area contributed by atoms with E-state index < -0.39 is 5.82 Å². The predicted molar refractivity (Wildman–Crippen MR) is 68.7 cm³/mol. The molecule has 0 saturated carbocycles. The van der Waals surface area contributed by atoms with E-state index in [4.69, 9.17) is 16.9 Å². The van der Waals surface area contributed by atoms with Crippen LogP contribution in [-0.4, -0.2) is 4.98 Å². The number of nitriles is 1. The molecule has 1 aromatic heterocycles. The summed E-state index contributed by atoms with van der Waals surface area (Å²) in [7, 11) is 0. The first-order valence-electron chi connectivity index (χ1n) is 5.41. The van der Waals surface area contributed by atoms with Crippen LogP contribution in [0.2, 0.25) is 5.02 Å². The Labute approximate surface area is 110 Å². The lowest BCUT2D eigenvalue weighted by Gasteiger charge is -2.09. The molecule has 1 aromatic carbocycles. The summed E-state index contributed by atoms with van der Waals surface area (Å²) in [4.78, 5) is 4.19. The Balaban J connectivity index is 2.62. The fraction of sp³-hybridized carbons (Fsp3) is 0.143. The monoisotopic (exact) mass is 260 g/mol. The highest BCUT2D eigenvalue weighted by atomic mass is 35.5. The van der Waals surface area contributed by atoms with E-state index in [0.717, 1.165) is 11.1 Å². The molecule has 0 fully saturated rings. The molecule has 18 heavy (non-hydrogen) atoms. The lowest BCUT2D eigenvalue weighted by atomic mass is 10.0. The van der Waals surface area contributed by atoms with Crippen LogP contribution in [-0.2, 0) is 6.42 Å². The number of benzene rings is 1. The van der Waals surface area contributed by atoms with Crippen LogP contribution in [0.1, 0.15) is 11.1 Å². The molecule has 2 nitrogen and oxygen atoms in total. The number of hydrogen-bond acceptors (Lipinski definition) is 2. The van der Waals surface area contributed by atoms with Crippen LogP contribution in [0, 0.1) is 24.1 Å². The zero-order chi connectivity index (χ0) is 13.1. The van der Waals surface area contributed by atoms with E-state index in [1.165, 1.54) is 6.07 Å². The van der Waals surface area contributed by atoms with Crippen LogP contribution in [0.3, 0.4) is 0 Å². The van der Waals surface area contributed by atoms with E-state index in [2.05, 4.69) is 11.1 Å². The van der Waals surface area contributed by atoms with Gasteiger partial charge in [0.15, 0.2) is 5.82 Å². The third-order valence-corrected chi connectivity index (χ3v) is 3.08. The van der Waals surface area contributed by atoms with Gasteiger partial charge in [-0.15, -0.1) is 0 Å². The zero-order valence-corrected chi connectivity index (χ0v) is 10.5. The molecule has 2 aromatic rings. The van der Waals surface area contributed by atoms with Crippen molar-refractivity contribution in [2.75, 3.05) is 0 Å². The van der Waals surface area contributed by atoms with Gasteiger partial charge < -0.3 is 0 Å². The average molecular weight is 261 g/mol. The maximum Gasteiger partial charge on any atom is 0.151 e. The van der Waals surface area contributed by atoms with Gasteiger partial charge in [-0.25, -0.2) is 4.39 Å². The van der Waals surface area contributed by atoms with E-state index in [1.54, 1.807) is 24.4 Å². The second kappa shape index (κ2) is 5.16. The van der Waals surface area contributed by atoms with Crippen molar-refractivity contribution in [2.45, 2.75) is 13.3 Å². The van der Waals surface area contributed by atoms with Gasteiger partial charge in [-0.05, 0) is 36.2 Å². The number of hydrogen-bond donors (Lipinski definition) is 0. The summed E-state index contributed by atoms with van der Waals surface area (Å²) in [6.07, 6.45) is 1.86. The highest BCUT2D eigenvalue weighted by molar-refractivity contribution is 6.31. The van der Waals surface area contributed by atoms with Crippen molar-refractivity contribution in [1.29, 1.82) is 5.26 Å². The number of rotatable bonds is 2. The summed E-state index contributed by atoms with van der Waals surface area (Å²) in [5.74, 6) is -0.483. The van der Waals surface area contributed by atoms with Crippen molar-refractivity contribution in [3.8, 4) is 17.3 Å². The maximum absolute atomic E-state index is 13.9. The molecule has 0 bridgehead atoms. The molecule has 1 heterocycles. The highest BCUT2D eigenvalue weighted by Crippen LogP contribution is 2.29. The normalized spacial score (nSPS) is 10.1. The van der Waals surface area contributed by atoms with Crippen LogP contribution in [0.25, 0.3) is 11.3 Å². The Bertz CT molecular complexity index is 632. The summed E-state index contributed by atoms with van der Waals surface area (Å²) in [5, 5.41) is 8.81. The first-order valence-corrected chi connectivity index (χ1v) is 5.78. The molecule has 0 aliphatic carbocycles. The van der Waals surface area contributed by atoms with Crippen LogP contribution in [0.15, 0.2) is 30.5 Å². The van der Waals surface area contributed by atoms with Crippen molar-refractivity contribution < 1.29 is 4.39 Å². The molecule has 90 valence electrons. The lowest BCUT2D eigenvalue weighted by molar-refractivity contribution is 0.631. The Morgan fingerprint density at radius 2 is 2.17 bits per heavy atom. The quantitative estimate of drug-likeness (QED) is 0.821. The van der Waals surface area contributed by atoms with Crippen LogP contribution in [0.5, 0.6) is 0 Å². The van der Waals surface area contributed by atoms with Gasteiger partial charge in [0, 0.05) is 11.8 Å². The summed E-state index contributed by atoms with van der Waals surface area (Å²) in [5.41, 5.74) is 2.55. The smallest absolute Gasteiger partial charge is 0.151 e. The van der Waals surface area contributed by atoms with E-state index in [-0.39, 0.29) is 11.4 Å². The van der Waals surface area contributed by atoms with Gasteiger partial charge in [0.25, 0.3) is 0 Å². The molecular formula is C14H10ClFN2. The van der Waals surface area contributed by atoms with Gasteiger partial charge in [0.1, 0.15) is 0 Å². The van der Waals surface area contributed by atoms with Crippen molar-refractivity contribution in [3.63, 3.8) is 0 Å². The van der Waals surface area contributed by atoms with Gasteiger partial charge in [0.2, 0.25) is 0 Å². The topological polar surface area (TPSA) is 36.7 Å². The molecule has 0 spiro atoms. The van der Waals surface area contributed by atoms with Crippen LogP contribution in [0.4, 0.5) is 4.39 Å². The molecule has 0 atom stereocenters. The number of pyridine rings is 1. The van der Waals surface area contributed by atoms with Gasteiger partial charge in [0.05, 0.1) is 23.2 Å². The second-order valence-corrected chi connectivity index (χ2v) is 4.29. The fourth-order valence-electron chi connectivity index (χ4n) is 1.81. The Hall–Kier alpha value is -1.92. The minimum atomic E-state index is -0.483. The third-order valence-electron chi connectivity index (χ3n) is 2.79. The third kappa shape index (κ3) is 2.20. The van der Waals surface area contributed by atoms with Gasteiger partial charge in [-0.2, -0.15) is 5.26 Å². The van der Waals surface area contributed by atoms with Crippen molar-refractivity contribution in [1.82, 2.24) is 4.98 Å². The summed E-state index contributed by atoms with van der Waals surface area (Å²) >= 11 is 5.76. The Kier molecular flexibility index (Phi) is 3.59. The van der Waals surface area contributed by atoms with E-state index in [0.29, 0.717) is 11.3 Å². The maximum atomic E-state index is 13.9. The summed E-state index contributed by atoms with van der Waals surface area (Å²) in [6.45, 7) is 1.83. The fourth-order valence-corrected chi connectivity index (χ4v) is 1.99. The van der Waals surface area contributed by atoms with Crippen molar-refractivity contribution in [3.05, 3.63) is 52.4 Å². The number of aromatic nitrogens is 1. The molecule has 0 aliphatic heterocycles. The molecule has 0 radical (unpaired) electrons. The van der Waals surface area contributed by atoms with Gasteiger partial charge >= 0.3 is 0 Å². The molecule has 0 N–H and O–H groups in total. The molecule has 0 saturated heterocycles. The standard InChI is InChI=1S/C14H10ClFN2/c1-9-10(5-7-17)6-8-18-14(9)11-3-2-4-12(15)13(11)16/h2-4,6,8H,5H2,1H3.